The van der Waals surface area contributed by atoms with Gasteiger partial charge in [-0.15, -0.1) is 0 Å². The Morgan fingerprint density at radius 1 is 0.968 bits per heavy atom. The molecule has 0 radical (unpaired) electrons. The highest BCUT2D eigenvalue weighted by Gasteiger charge is 2.51. The summed E-state index contributed by atoms with van der Waals surface area (Å²) >= 11 is 0. The molecule has 162 valence electrons. The molecule has 0 aliphatic heterocycles. The summed E-state index contributed by atoms with van der Waals surface area (Å²) in [6.45, 7) is -0.598. The molecule has 4 bridgehead atoms. The van der Waals surface area contributed by atoms with E-state index in [1.54, 1.807) is 18.2 Å². The fourth-order valence-corrected chi connectivity index (χ4v) is 6.33. The van der Waals surface area contributed by atoms with E-state index in [9.17, 15) is 19.5 Å². The summed E-state index contributed by atoms with van der Waals surface area (Å²) in [6.07, 6.45) is 6.74. The average molecular weight is 422 g/mol. The van der Waals surface area contributed by atoms with E-state index in [1.165, 1.54) is 25.3 Å². The second-order valence-electron chi connectivity index (χ2n) is 9.46. The number of aromatic hydroxyl groups is 1. The summed E-state index contributed by atoms with van der Waals surface area (Å²) in [7, 11) is 0. The van der Waals surface area contributed by atoms with E-state index in [-0.39, 0.29) is 16.9 Å². The lowest BCUT2D eigenvalue weighted by Crippen LogP contribution is -2.62. The van der Waals surface area contributed by atoms with Crippen LogP contribution in [0.3, 0.4) is 0 Å². The van der Waals surface area contributed by atoms with E-state index < -0.39 is 24.5 Å². The van der Waals surface area contributed by atoms with Crippen LogP contribution in [0.2, 0.25) is 0 Å². The number of urea groups is 1. The Morgan fingerprint density at radius 3 is 2.29 bits per heavy atom. The van der Waals surface area contributed by atoms with E-state index in [2.05, 4.69) is 10.6 Å². The molecule has 0 saturated heterocycles. The molecule has 4 aliphatic carbocycles. The third-order valence-electron chi connectivity index (χ3n) is 7.12. The normalized spacial score (nSPS) is 28.3. The van der Waals surface area contributed by atoms with Crippen molar-refractivity contribution < 1.29 is 24.2 Å². The number of phenolic OH excluding ortho intramolecular Hbond substituents is 1. The number of nitrogens with one attached hydrogen (secondary N) is 2. The Hall–Kier alpha value is -3.09. The largest absolute Gasteiger partial charge is 0.506 e. The quantitative estimate of drug-likeness (QED) is 0.654. The minimum atomic E-state index is -0.820. The Morgan fingerprint density at radius 2 is 1.61 bits per heavy atom. The Kier molecular flexibility index (Phi) is 4.84. The lowest BCUT2D eigenvalue weighted by Gasteiger charge is -2.56. The van der Waals surface area contributed by atoms with Crippen molar-refractivity contribution >= 4 is 28.7 Å². The van der Waals surface area contributed by atoms with Crippen molar-refractivity contribution in [1.29, 1.82) is 0 Å². The molecular weight excluding hydrogens is 396 g/mol. The number of hydrogen-bond donors (Lipinski definition) is 3. The SMILES string of the molecule is O=C(COC(=O)c1ccc2ccccc2c1O)NC(=O)NC12CC3CC(CC(C3)C1)C2. The molecule has 2 aromatic rings. The molecule has 3 N–H and O–H groups in total. The minimum Gasteiger partial charge on any atom is -0.506 e. The van der Waals surface area contributed by atoms with Crippen molar-refractivity contribution in [2.24, 2.45) is 17.8 Å². The maximum Gasteiger partial charge on any atom is 0.342 e. The van der Waals surface area contributed by atoms with Crippen molar-refractivity contribution in [3.05, 3.63) is 42.0 Å². The predicted octanol–water partition coefficient (Wildman–Crippen LogP) is 3.50. The first kappa shape index (κ1) is 19.8. The second kappa shape index (κ2) is 7.55. The van der Waals surface area contributed by atoms with E-state index in [1.807, 2.05) is 12.1 Å². The molecule has 7 heteroatoms. The first-order valence-electron chi connectivity index (χ1n) is 10.9. The topological polar surface area (TPSA) is 105 Å². The van der Waals surface area contributed by atoms with Gasteiger partial charge in [0.1, 0.15) is 11.3 Å². The molecule has 2 aromatic carbocycles. The third-order valence-corrected chi connectivity index (χ3v) is 7.12. The highest BCUT2D eigenvalue weighted by Crippen LogP contribution is 2.55. The van der Waals surface area contributed by atoms with Crippen molar-refractivity contribution in [2.75, 3.05) is 6.61 Å². The number of phenols is 1. The van der Waals surface area contributed by atoms with Crippen LogP contribution in [0.4, 0.5) is 4.79 Å². The van der Waals surface area contributed by atoms with Crippen LogP contribution in [-0.4, -0.2) is 35.2 Å². The molecule has 3 amide bonds. The smallest absolute Gasteiger partial charge is 0.342 e. The summed E-state index contributed by atoms with van der Waals surface area (Å²) in [5.41, 5.74) is -0.225. The molecule has 7 nitrogen and oxygen atoms in total. The monoisotopic (exact) mass is 422 g/mol. The molecular formula is C24H26N2O5. The number of rotatable bonds is 4. The van der Waals surface area contributed by atoms with Gasteiger partial charge in [0.25, 0.3) is 5.91 Å². The minimum absolute atomic E-state index is 0.0236. The van der Waals surface area contributed by atoms with Crippen LogP contribution in [0.1, 0.15) is 48.9 Å². The molecule has 0 unspecified atom stereocenters. The summed E-state index contributed by atoms with van der Waals surface area (Å²) in [5, 5.41) is 17.0. The number of fused-ring (bicyclic) bond motifs is 1. The molecule has 31 heavy (non-hydrogen) atoms. The standard InChI is InChI=1S/C24H26N2O5/c27-20(13-31-22(29)19-6-5-17-3-1-2-4-18(17)21(19)28)25-23(30)26-24-10-14-7-15(11-24)9-16(8-14)12-24/h1-6,14-16,28H,7-13H2,(H2,25,26,27,30). The summed E-state index contributed by atoms with van der Waals surface area (Å²) in [4.78, 5) is 36.9. The Labute approximate surface area is 180 Å². The van der Waals surface area contributed by atoms with Gasteiger partial charge in [0.15, 0.2) is 6.61 Å². The maximum absolute atomic E-state index is 12.4. The van der Waals surface area contributed by atoms with Gasteiger partial charge >= 0.3 is 12.0 Å². The van der Waals surface area contributed by atoms with Crippen LogP contribution in [-0.2, 0) is 9.53 Å². The first-order valence-corrected chi connectivity index (χ1v) is 10.9. The average Bonchev–Trinajstić information content (AvgIpc) is 2.71. The van der Waals surface area contributed by atoms with Crippen LogP contribution >= 0.6 is 0 Å². The zero-order valence-corrected chi connectivity index (χ0v) is 17.2. The van der Waals surface area contributed by atoms with Gasteiger partial charge in [0.2, 0.25) is 0 Å². The number of imide groups is 1. The van der Waals surface area contributed by atoms with Gasteiger partial charge in [-0.05, 0) is 67.7 Å². The van der Waals surface area contributed by atoms with E-state index in [4.69, 9.17) is 4.74 Å². The number of carbonyl (C=O) groups is 3. The van der Waals surface area contributed by atoms with Gasteiger partial charge in [-0.25, -0.2) is 9.59 Å². The van der Waals surface area contributed by atoms with Gasteiger partial charge in [0, 0.05) is 10.9 Å². The van der Waals surface area contributed by atoms with Gasteiger partial charge in [-0.1, -0.05) is 30.3 Å². The number of ether oxygens (including phenoxy) is 1. The Balaban J connectivity index is 1.16. The second-order valence-corrected chi connectivity index (χ2v) is 9.46. The van der Waals surface area contributed by atoms with Crippen molar-refractivity contribution in [3.63, 3.8) is 0 Å². The third kappa shape index (κ3) is 3.84. The fourth-order valence-electron chi connectivity index (χ4n) is 6.33. The van der Waals surface area contributed by atoms with Crippen LogP contribution < -0.4 is 10.6 Å². The number of amides is 3. The first-order chi connectivity index (χ1) is 14.9. The van der Waals surface area contributed by atoms with E-state index in [0.717, 1.165) is 24.6 Å². The van der Waals surface area contributed by atoms with Crippen LogP contribution in [0.5, 0.6) is 5.75 Å². The highest BCUT2D eigenvalue weighted by atomic mass is 16.5. The number of benzene rings is 2. The van der Waals surface area contributed by atoms with Crippen molar-refractivity contribution in [1.82, 2.24) is 10.6 Å². The molecule has 4 aliphatic rings. The van der Waals surface area contributed by atoms with Gasteiger partial charge in [-0.2, -0.15) is 0 Å². The van der Waals surface area contributed by atoms with E-state index >= 15 is 0 Å². The maximum atomic E-state index is 12.4. The van der Waals surface area contributed by atoms with Crippen molar-refractivity contribution in [3.8, 4) is 5.75 Å². The number of carbonyl (C=O) groups excluding carboxylic acids is 3. The molecule has 4 saturated carbocycles. The molecule has 6 rings (SSSR count). The summed E-state index contributed by atoms with van der Waals surface area (Å²) < 4.78 is 5.02. The van der Waals surface area contributed by atoms with Crippen molar-refractivity contribution in [2.45, 2.75) is 44.1 Å². The zero-order chi connectivity index (χ0) is 21.6. The van der Waals surface area contributed by atoms with E-state index in [0.29, 0.717) is 23.1 Å². The number of esters is 1. The summed E-state index contributed by atoms with van der Waals surface area (Å²) in [5.74, 6) is 0.326. The zero-order valence-electron chi connectivity index (χ0n) is 17.2. The fraction of sp³-hybridized carbons (Fsp3) is 0.458. The lowest BCUT2D eigenvalue weighted by molar-refractivity contribution is -0.123. The predicted molar refractivity (Wildman–Crippen MR) is 113 cm³/mol. The van der Waals surface area contributed by atoms with Gasteiger partial charge in [0.05, 0.1) is 0 Å². The van der Waals surface area contributed by atoms with Gasteiger partial charge in [-0.3, -0.25) is 10.1 Å². The molecule has 0 spiro atoms. The molecule has 0 aromatic heterocycles. The molecule has 0 heterocycles. The van der Waals surface area contributed by atoms with Crippen LogP contribution in [0.25, 0.3) is 10.8 Å². The van der Waals surface area contributed by atoms with Gasteiger partial charge < -0.3 is 15.2 Å². The van der Waals surface area contributed by atoms with Crippen LogP contribution in [0, 0.1) is 17.8 Å². The van der Waals surface area contributed by atoms with Crippen LogP contribution in [0.15, 0.2) is 36.4 Å². The highest BCUT2D eigenvalue weighted by molar-refractivity contribution is 6.02. The molecule has 4 fully saturated rings. The summed E-state index contributed by atoms with van der Waals surface area (Å²) in [6, 6.07) is 9.73. The Bertz CT molecular complexity index is 1030. The number of hydrogen-bond acceptors (Lipinski definition) is 5. The molecule has 0 atom stereocenters. The lowest BCUT2D eigenvalue weighted by atomic mass is 9.53.